The molecule has 1 atom stereocenters. The largest absolute Gasteiger partial charge is 0.481 e. The van der Waals surface area contributed by atoms with Crippen LogP contribution in [0, 0.1) is 0 Å². The van der Waals surface area contributed by atoms with Crippen molar-refractivity contribution in [1.29, 1.82) is 0 Å². The van der Waals surface area contributed by atoms with Crippen LogP contribution in [0.3, 0.4) is 0 Å². The number of carbonyl (C=O) groups excluding carboxylic acids is 1. The van der Waals surface area contributed by atoms with Crippen molar-refractivity contribution in [2.24, 2.45) is 0 Å². The molecular weight excluding hydrogens is 264 g/mol. The fourth-order valence-corrected chi connectivity index (χ4v) is 1.82. The second kappa shape index (κ2) is 8.02. The van der Waals surface area contributed by atoms with E-state index < -0.39 is 6.10 Å². The van der Waals surface area contributed by atoms with E-state index in [0.29, 0.717) is 23.9 Å². The van der Waals surface area contributed by atoms with Crippen LogP contribution in [-0.4, -0.2) is 25.6 Å². The van der Waals surface area contributed by atoms with Gasteiger partial charge in [0.05, 0.1) is 0 Å². The molecule has 0 radical (unpaired) electrons. The van der Waals surface area contributed by atoms with Gasteiger partial charge in [0.25, 0.3) is 5.91 Å². The van der Waals surface area contributed by atoms with E-state index in [0.717, 1.165) is 12.0 Å². The van der Waals surface area contributed by atoms with Crippen LogP contribution in [0.1, 0.15) is 25.8 Å². The maximum Gasteiger partial charge on any atom is 0.260 e. The number of hydrogen-bond acceptors (Lipinski definition) is 3. The molecule has 0 aromatic heterocycles. The average molecular weight is 285 g/mol. The third kappa shape index (κ3) is 5.09. The molecule has 0 saturated heterocycles. The van der Waals surface area contributed by atoms with E-state index in [9.17, 15) is 4.79 Å². The van der Waals surface area contributed by atoms with E-state index in [2.05, 4.69) is 10.6 Å². The third-order valence-electron chi connectivity index (χ3n) is 2.61. The maximum atomic E-state index is 11.8. The zero-order valence-corrected chi connectivity index (χ0v) is 12.4. The van der Waals surface area contributed by atoms with Gasteiger partial charge in [-0.2, -0.15) is 0 Å². The van der Waals surface area contributed by atoms with Crippen LogP contribution in [0.15, 0.2) is 18.2 Å². The summed E-state index contributed by atoms with van der Waals surface area (Å²) in [6, 6.07) is 5.38. The second-order valence-electron chi connectivity index (χ2n) is 4.33. The summed E-state index contributed by atoms with van der Waals surface area (Å²) in [6.45, 7) is 5.05. The van der Waals surface area contributed by atoms with Crippen LogP contribution in [0.4, 0.5) is 0 Å². The van der Waals surface area contributed by atoms with E-state index in [1.54, 1.807) is 19.1 Å². The SMILES string of the molecule is CCCNC(=O)C(C)Oc1ccc(Cl)cc1CNC. The molecule has 106 valence electrons. The molecule has 0 heterocycles. The summed E-state index contributed by atoms with van der Waals surface area (Å²) < 4.78 is 5.70. The highest BCUT2D eigenvalue weighted by Gasteiger charge is 2.15. The molecule has 0 aliphatic rings. The fourth-order valence-electron chi connectivity index (χ4n) is 1.63. The summed E-state index contributed by atoms with van der Waals surface area (Å²) in [5.41, 5.74) is 0.935. The lowest BCUT2D eigenvalue weighted by atomic mass is 10.2. The highest BCUT2D eigenvalue weighted by molar-refractivity contribution is 6.30. The van der Waals surface area contributed by atoms with Crippen molar-refractivity contribution < 1.29 is 9.53 Å². The quantitative estimate of drug-likeness (QED) is 0.808. The van der Waals surface area contributed by atoms with Gasteiger partial charge in [-0.1, -0.05) is 18.5 Å². The molecule has 4 nitrogen and oxygen atoms in total. The predicted molar refractivity (Wildman–Crippen MR) is 77.6 cm³/mol. The number of benzene rings is 1. The number of amides is 1. The Morgan fingerprint density at radius 2 is 2.21 bits per heavy atom. The Morgan fingerprint density at radius 1 is 1.47 bits per heavy atom. The molecule has 0 aliphatic heterocycles. The van der Waals surface area contributed by atoms with Crippen molar-refractivity contribution in [3.05, 3.63) is 28.8 Å². The van der Waals surface area contributed by atoms with Crippen LogP contribution in [0.2, 0.25) is 5.02 Å². The van der Waals surface area contributed by atoms with Crippen LogP contribution < -0.4 is 15.4 Å². The number of nitrogens with one attached hydrogen (secondary N) is 2. The lowest BCUT2D eigenvalue weighted by Gasteiger charge is -2.17. The molecule has 1 aromatic carbocycles. The van der Waals surface area contributed by atoms with Crippen molar-refractivity contribution in [1.82, 2.24) is 10.6 Å². The number of carbonyl (C=O) groups is 1. The first kappa shape index (κ1) is 15.8. The topological polar surface area (TPSA) is 50.4 Å². The smallest absolute Gasteiger partial charge is 0.260 e. The predicted octanol–water partition coefficient (Wildman–Crippen LogP) is 2.35. The summed E-state index contributed by atoms with van der Waals surface area (Å²) in [7, 11) is 1.85. The Kier molecular flexibility index (Phi) is 6.67. The molecular formula is C14H21ClN2O2. The Labute approximate surface area is 119 Å². The third-order valence-corrected chi connectivity index (χ3v) is 2.85. The summed E-state index contributed by atoms with van der Waals surface area (Å²) in [5.74, 6) is 0.574. The maximum absolute atomic E-state index is 11.8. The summed E-state index contributed by atoms with van der Waals surface area (Å²) in [6.07, 6.45) is 0.382. The molecule has 0 fully saturated rings. The minimum Gasteiger partial charge on any atom is -0.481 e. The Bertz CT molecular complexity index is 424. The fraction of sp³-hybridized carbons (Fsp3) is 0.500. The first-order chi connectivity index (χ1) is 9.08. The van der Waals surface area contributed by atoms with Crippen molar-refractivity contribution in [3.8, 4) is 5.75 Å². The Balaban J connectivity index is 2.72. The Hall–Kier alpha value is -1.26. The van der Waals surface area contributed by atoms with Gasteiger partial charge in [-0.25, -0.2) is 0 Å². The van der Waals surface area contributed by atoms with E-state index >= 15 is 0 Å². The molecule has 1 aromatic rings. The molecule has 1 amide bonds. The second-order valence-corrected chi connectivity index (χ2v) is 4.77. The monoisotopic (exact) mass is 284 g/mol. The molecule has 1 unspecified atom stereocenters. The molecule has 0 saturated carbocycles. The van der Waals surface area contributed by atoms with Gasteiger partial charge < -0.3 is 15.4 Å². The minimum atomic E-state index is -0.525. The summed E-state index contributed by atoms with van der Waals surface area (Å²) in [4.78, 5) is 11.8. The van der Waals surface area contributed by atoms with E-state index in [4.69, 9.17) is 16.3 Å². The first-order valence-electron chi connectivity index (χ1n) is 6.45. The van der Waals surface area contributed by atoms with Crippen molar-refractivity contribution in [2.45, 2.75) is 32.9 Å². The van der Waals surface area contributed by atoms with Crippen LogP contribution >= 0.6 is 11.6 Å². The van der Waals surface area contributed by atoms with E-state index in [1.807, 2.05) is 20.0 Å². The zero-order valence-electron chi connectivity index (χ0n) is 11.6. The molecule has 19 heavy (non-hydrogen) atoms. The van der Waals surface area contributed by atoms with Gasteiger partial charge in [-0.15, -0.1) is 0 Å². The zero-order chi connectivity index (χ0) is 14.3. The van der Waals surface area contributed by atoms with Crippen LogP contribution in [-0.2, 0) is 11.3 Å². The van der Waals surface area contributed by atoms with Gasteiger partial charge in [0.15, 0.2) is 6.10 Å². The van der Waals surface area contributed by atoms with Gasteiger partial charge in [-0.3, -0.25) is 4.79 Å². The summed E-state index contributed by atoms with van der Waals surface area (Å²) in [5, 5.41) is 6.51. The van der Waals surface area contributed by atoms with Gasteiger partial charge in [-0.05, 0) is 38.6 Å². The lowest BCUT2D eigenvalue weighted by molar-refractivity contribution is -0.127. The number of rotatable bonds is 7. The van der Waals surface area contributed by atoms with E-state index in [-0.39, 0.29) is 5.91 Å². The normalized spacial score (nSPS) is 12.0. The lowest BCUT2D eigenvalue weighted by Crippen LogP contribution is -2.36. The first-order valence-corrected chi connectivity index (χ1v) is 6.83. The standard InChI is InChI=1S/C14H21ClN2O2/c1-4-7-17-14(18)10(2)19-13-6-5-12(15)8-11(13)9-16-3/h5-6,8,10,16H,4,7,9H2,1-3H3,(H,17,18). The molecule has 5 heteroatoms. The molecule has 0 spiro atoms. The molecule has 0 aliphatic carbocycles. The number of ether oxygens (including phenoxy) is 1. The van der Waals surface area contributed by atoms with Gasteiger partial charge >= 0.3 is 0 Å². The number of hydrogen-bond donors (Lipinski definition) is 2. The Morgan fingerprint density at radius 3 is 2.84 bits per heavy atom. The van der Waals surface area contributed by atoms with Crippen LogP contribution in [0.25, 0.3) is 0 Å². The average Bonchev–Trinajstić information content (AvgIpc) is 2.39. The summed E-state index contributed by atoms with van der Waals surface area (Å²) >= 11 is 5.96. The number of halogens is 1. The van der Waals surface area contributed by atoms with Crippen LogP contribution in [0.5, 0.6) is 5.75 Å². The minimum absolute atomic E-state index is 0.104. The molecule has 0 bridgehead atoms. The van der Waals surface area contributed by atoms with Gasteiger partial charge in [0.2, 0.25) is 0 Å². The van der Waals surface area contributed by atoms with Gasteiger partial charge in [0.1, 0.15) is 5.75 Å². The van der Waals surface area contributed by atoms with Crippen molar-refractivity contribution in [3.63, 3.8) is 0 Å². The molecule has 2 N–H and O–H groups in total. The highest BCUT2D eigenvalue weighted by Crippen LogP contribution is 2.23. The van der Waals surface area contributed by atoms with Crippen molar-refractivity contribution >= 4 is 17.5 Å². The van der Waals surface area contributed by atoms with Crippen molar-refractivity contribution in [2.75, 3.05) is 13.6 Å². The highest BCUT2D eigenvalue weighted by atomic mass is 35.5. The van der Waals surface area contributed by atoms with E-state index in [1.165, 1.54) is 0 Å². The molecule has 1 rings (SSSR count). The van der Waals surface area contributed by atoms with Gasteiger partial charge in [0, 0.05) is 23.7 Å².